The summed E-state index contributed by atoms with van der Waals surface area (Å²) in [5, 5.41) is 0. The zero-order chi connectivity index (χ0) is 10.7. The van der Waals surface area contributed by atoms with E-state index in [9.17, 15) is 4.39 Å². The Morgan fingerprint density at radius 1 is 1.40 bits per heavy atom. The first-order chi connectivity index (χ1) is 7.29. The average Bonchev–Trinajstić information content (AvgIpc) is 2.73. The lowest BCUT2D eigenvalue weighted by molar-refractivity contribution is 0.608. The summed E-state index contributed by atoms with van der Waals surface area (Å²) in [5.74, 6) is -0.244. The molecule has 0 saturated heterocycles. The number of hydrogen-bond acceptors (Lipinski definition) is 2. The second-order valence-electron chi connectivity index (χ2n) is 3.36. The Kier molecular flexibility index (Phi) is 2.78. The zero-order valence-electron chi connectivity index (χ0n) is 8.23. The predicted octanol–water partition coefficient (Wildman–Crippen LogP) is 1.53. The molecule has 0 unspecified atom stereocenters. The number of benzene rings is 1. The minimum absolute atomic E-state index is 0.226. The Morgan fingerprint density at radius 2 is 2.27 bits per heavy atom. The van der Waals surface area contributed by atoms with Gasteiger partial charge in [0.05, 0.1) is 6.33 Å². The molecule has 4 heteroatoms. The van der Waals surface area contributed by atoms with Crippen molar-refractivity contribution >= 4 is 0 Å². The van der Waals surface area contributed by atoms with Crippen molar-refractivity contribution in [3.63, 3.8) is 0 Å². The fourth-order valence-electron chi connectivity index (χ4n) is 1.47. The predicted molar refractivity (Wildman–Crippen MR) is 55.6 cm³/mol. The highest BCUT2D eigenvalue weighted by Crippen LogP contribution is 2.11. The highest BCUT2D eigenvalue weighted by Gasteiger charge is 2.02. The third-order valence-electron chi connectivity index (χ3n) is 2.25. The van der Waals surface area contributed by atoms with Gasteiger partial charge < -0.3 is 10.3 Å². The number of nitrogens with two attached hydrogens (primary N) is 1. The first-order valence-electron chi connectivity index (χ1n) is 4.72. The molecule has 1 aromatic carbocycles. The number of imidazole rings is 1. The molecule has 0 amide bonds. The molecule has 0 aliphatic heterocycles. The first kappa shape index (κ1) is 9.86. The monoisotopic (exact) mass is 205 g/mol. The largest absolute Gasteiger partial charge is 0.333 e. The fraction of sp³-hybridized carbons (Fsp3) is 0.182. The van der Waals surface area contributed by atoms with Crippen molar-refractivity contribution in [2.45, 2.75) is 13.1 Å². The third-order valence-corrected chi connectivity index (χ3v) is 2.25. The molecule has 0 aliphatic carbocycles. The lowest BCUT2D eigenvalue weighted by Crippen LogP contribution is -2.03. The van der Waals surface area contributed by atoms with Gasteiger partial charge >= 0.3 is 0 Å². The van der Waals surface area contributed by atoms with Crippen molar-refractivity contribution in [3.8, 4) is 0 Å². The lowest BCUT2D eigenvalue weighted by Gasteiger charge is -2.05. The van der Waals surface area contributed by atoms with Crippen LogP contribution in [0.3, 0.4) is 0 Å². The molecule has 1 heterocycles. The Hall–Kier alpha value is -1.68. The SMILES string of the molecule is NCc1cc(Cn2ccnc2)ccc1F. The third kappa shape index (κ3) is 2.22. The van der Waals surface area contributed by atoms with Crippen LogP contribution in [0.1, 0.15) is 11.1 Å². The second kappa shape index (κ2) is 4.23. The van der Waals surface area contributed by atoms with E-state index in [0.29, 0.717) is 12.1 Å². The minimum Gasteiger partial charge on any atom is -0.333 e. The zero-order valence-corrected chi connectivity index (χ0v) is 8.23. The van der Waals surface area contributed by atoms with E-state index < -0.39 is 0 Å². The Balaban J connectivity index is 2.22. The van der Waals surface area contributed by atoms with Gasteiger partial charge in [-0.2, -0.15) is 0 Å². The fourth-order valence-corrected chi connectivity index (χ4v) is 1.47. The molecule has 1 aromatic heterocycles. The van der Waals surface area contributed by atoms with Crippen LogP contribution < -0.4 is 5.73 Å². The molecule has 0 bridgehead atoms. The van der Waals surface area contributed by atoms with Gasteiger partial charge in [-0.3, -0.25) is 0 Å². The maximum atomic E-state index is 13.1. The molecule has 0 aliphatic rings. The highest BCUT2D eigenvalue weighted by molar-refractivity contribution is 5.25. The van der Waals surface area contributed by atoms with Crippen LogP contribution in [0.15, 0.2) is 36.9 Å². The molecule has 0 fully saturated rings. The van der Waals surface area contributed by atoms with Crippen LogP contribution >= 0.6 is 0 Å². The van der Waals surface area contributed by atoms with E-state index in [1.165, 1.54) is 6.07 Å². The van der Waals surface area contributed by atoms with E-state index in [4.69, 9.17) is 5.73 Å². The van der Waals surface area contributed by atoms with Crippen molar-refractivity contribution in [1.29, 1.82) is 0 Å². The van der Waals surface area contributed by atoms with Gasteiger partial charge in [0, 0.05) is 31.0 Å². The normalized spacial score (nSPS) is 10.5. The van der Waals surface area contributed by atoms with Gasteiger partial charge in [-0.05, 0) is 17.7 Å². The summed E-state index contributed by atoms with van der Waals surface area (Å²) in [6, 6.07) is 5.00. The van der Waals surface area contributed by atoms with Crippen LogP contribution in [0, 0.1) is 5.82 Å². The van der Waals surface area contributed by atoms with E-state index in [2.05, 4.69) is 4.98 Å². The van der Waals surface area contributed by atoms with Gasteiger partial charge in [0.2, 0.25) is 0 Å². The number of aromatic nitrogens is 2. The van der Waals surface area contributed by atoms with Crippen molar-refractivity contribution in [2.24, 2.45) is 5.73 Å². The highest BCUT2D eigenvalue weighted by atomic mass is 19.1. The molecular formula is C11H12FN3. The summed E-state index contributed by atoms with van der Waals surface area (Å²) in [7, 11) is 0. The van der Waals surface area contributed by atoms with Crippen molar-refractivity contribution < 1.29 is 4.39 Å². The Bertz CT molecular complexity index is 437. The first-order valence-corrected chi connectivity index (χ1v) is 4.72. The van der Waals surface area contributed by atoms with E-state index >= 15 is 0 Å². The maximum Gasteiger partial charge on any atom is 0.127 e. The summed E-state index contributed by atoms with van der Waals surface area (Å²) in [5.41, 5.74) is 7.01. The summed E-state index contributed by atoms with van der Waals surface area (Å²) < 4.78 is 15.1. The number of rotatable bonds is 3. The van der Waals surface area contributed by atoms with Crippen LogP contribution in [0.4, 0.5) is 4.39 Å². The van der Waals surface area contributed by atoms with Gasteiger partial charge in [-0.15, -0.1) is 0 Å². The Labute approximate surface area is 87.4 Å². The summed E-state index contributed by atoms with van der Waals surface area (Å²) in [4.78, 5) is 3.94. The topological polar surface area (TPSA) is 43.8 Å². The summed E-state index contributed by atoms with van der Waals surface area (Å²) in [6.45, 7) is 0.914. The summed E-state index contributed by atoms with van der Waals surface area (Å²) >= 11 is 0. The summed E-state index contributed by atoms with van der Waals surface area (Å²) in [6.07, 6.45) is 5.31. The lowest BCUT2D eigenvalue weighted by atomic mass is 10.1. The molecule has 0 radical (unpaired) electrons. The van der Waals surface area contributed by atoms with E-state index in [1.54, 1.807) is 24.7 Å². The second-order valence-corrected chi connectivity index (χ2v) is 3.36. The molecule has 0 atom stereocenters. The van der Waals surface area contributed by atoms with Crippen LogP contribution in [-0.2, 0) is 13.1 Å². The standard InChI is InChI=1S/C11H12FN3/c12-11-2-1-9(5-10(11)6-13)7-15-4-3-14-8-15/h1-5,8H,6-7,13H2. The molecule has 15 heavy (non-hydrogen) atoms. The molecule has 2 N–H and O–H groups in total. The molecule has 3 nitrogen and oxygen atoms in total. The van der Waals surface area contributed by atoms with Crippen molar-refractivity contribution in [1.82, 2.24) is 9.55 Å². The number of hydrogen-bond donors (Lipinski definition) is 1. The quantitative estimate of drug-likeness (QED) is 0.825. The van der Waals surface area contributed by atoms with Gasteiger partial charge in [-0.1, -0.05) is 6.07 Å². The van der Waals surface area contributed by atoms with Gasteiger partial charge in [0.15, 0.2) is 0 Å². The van der Waals surface area contributed by atoms with Crippen LogP contribution in [0.25, 0.3) is 0 Å². The van der Waals surface area contributed by atoms with Gasteiger partial charge in [-0.25, -0.2) is 9.37 Å². The smallest absolute Gasteiger partial charge is 0.127 e. The van der Waals surface area contributed by atoms with E-state index in [0.717, 1.165) is 5.56 Å². The van der Waals surface area contributed by atoms with Crippen molar-refractivity contribution in [2.75, 3.05) is 0 Å². The number of halogens is 1. The average molecular weight is 205 g/mol. The Morgan fingerprint density at radius 3 is 2.93 bits per heavy atom. The van der Waals surface area contributed by atoms with E-state index in [1.807, 2.05) is 10.8 Å². The van der Waals surface area contributed by atoms with Crippen molar-refractivity contribution in [3.05, 3.63) is 53.9 Å². The molecule has 2 rings (SSSR count). The van der Waals surface area contributed by atoms with Crippen LogP contribution in [0.2, 0.25) is 0 Å². The van der Waals surface area contributed by atoms with Gasteiger partial charge in [0.25, 0.3) is 0 Å². The van der Waals surface area contributed by atoms with E-state index in [-0.39, 0.29) is 12.4 Å². The number of nitrogens with zero attached hydrogens (tertiary/aromatic N) is 2. The maximum absolute atomic E-state index is 13.1. The van der Waals surface area contributed by atoms with Crippen LogP contribution in [-0.4, -0.2) is 9.55 Å². The molecule has 0 saturated carbocycles. The molecule has 0 spiro atoms. The van der Waals surface area contributed by atoms with Crippen LogP contribution in [0.5, 0.6) is 0 Å². The molecular weight excluding hydrogens is 193 g/mol. The van der Waals surface area contributed by atoms with Gasteiger partial charge in [0.1, 0.15) is 5.82 Å². The molecule has 2 aromatic rings. The minimum atomic E-state index is -0.244. The molecule has 78 valence electrons.